The molecule has 0 saturated carbocycles. The molecule has 2 N–H and O–H groups in total. The average Bonchev–Trinajstić information content (AvgIpc) is 2.48. The lowest BCUT2D eigenvalue weighted by Gasteiger charge is -2.36. The lowest BCUT2D eigenvalue weighted by Crippen LogP contribution is -2.57. The Morgan fingerprint density at radius 3 is 2.60 bits per heavy atom. The van der Waals surface area contributed by atoms with Gasteiger partial charge in [0.05, 0.1) is 6.61 Å². The van der Waals surface area contributed by atoms with Crippen molar-refractivity contribution in [1.82, 2.24) is 15.1 Å². The summed E-state index contributed by atoms with van der Waals surface area (Å²) in [6.45, 7) is 3.30. The molecule has 1 aliphatic heterocycles. The highest BCUT2D eigenvalue weighted by molar-refractivity contribution is 5.81. The Hall–Kier alpha value is -1.43. The molecule has 1 unspecified atom stereocenters. The fourth-order valence-corrected chi connectivity index (χ4v) is 2.46. The van der Waals surface area contributed by atoms with Crippen LogP contribution in [0.25, 0.3) is 0 Å². The minimum absolute atomic E-state index is 0.0651. The van der Waals surface area contributed by atoms with Crippen LogP contribution in [0.4, 0.5) is 0 Å². The molecule has 5 heteroatoms. The number of amides is 1. The summed E-state index contributed by atoms with van der Waals surface area (Å²) in [5.74, 6) is 0.143. The highest BCUT2D eigenvalue weighted by atomic mass is 16.3. The number of aliphatic hydroxyl groups excluding tert-OH is 1. The molecule has 1 atom stereocenters. The van der Waals surface area contributed by atoms with Crippen molar-refractivity contribution in [2.45, 2.75) is 19.2 Å². The first-order valence-corrected chi connectivity index (χ1v) is 6.96. The van der Waals surface area contributed by atoms with E-state index in [-0.39, 0.29) is 18.6 Å². The summed E-state index contributed by atoms with van der Waals surface area (Å²) in [7, 11) is 3.59. The zero-order valence-corrected chi connectivity index (χ0v) is 12.2. The maximum absolute atomic E-state index is 12.2. The number of hydrogen-bond donors (Lipinski definition) is 2. The second-order valence-electron chi connectivity index (χ2n) is 5.40. The molecule has 0 spiro atoms. The van der Waals surface area contributed by atoms with Crippen LogP contribution < -0.4 is 5.32 Å². The number of rotatable bonds is 4. The lowest BCUT2D eigenvalue weighted by molar-refractivity contribution is -0.135. The van der Waals surface area contributed by atoms with E-state index in [1.807, 2.05) is 24.3 Å². The number of nitrogens with one attached hydrogen (secondary N) is 1. The molecule has 1 saturated heterocycles. The lowest BCUT2D eigenvalue weighted by atomic mass is 10.1. The molecule has 110 valence electrons. The Morgan fingerprint density at radius 2 is 2.00 bits per heavy atom. The van der Waals surface area contributed by atoms with Gasteiger partial charge < -0.3 is 15.3 Å². The second-order valence-corrected chi connectivity index (χ2v) is 5.40. The van der Waals surface area contributed by atoms with Crippen LogP contribution in [0.5, 0.6) is 0 Å². The third kappa shape index (κ3) is 3.56. The summed E-state index contributed by atoms with van der Waals surface area (Å²) in [5.41, 5.74) is 2.08. The van der Waals surface area contributed by atoms with Gasteiger partial charge in [-0.3, -0.25) is 9.69 Å². The van der Waals surface area contributed by atoms with E-state index in [1.165, 1.54) is 5.56 Å². The van der Waals surface area contributed by atoms with Crippen molar-refractivity contribution in [3.63, 3.8) is 0 Å². The fraction of sp³-hybridized carbons (Fsp3) is 0.533. The summed E-state index contributed by atoms with van der Waals surface area (Å²) in [4.78, 5) is 16.1. The van der Waals surface area contributed by atoms with Crippen LogP contribution in [0.1, 0.15) is 11.1 Å². The molecule has 1 amide bonds. The van der Waals surface area contributed by atoms with E-state index in [0.717, 1.165) is 25.2 Å². The summed E-state index contributed by atoms with van der Waals surface area (Å²) in [5, 5.41) is 12.3. The number of aliphatic hydroxyl groups is 1. The molecular weight excluding hydrogens is 254 g/mol. The normalized spacial score (nSPS) is 19.9. The first-order chi connectivity index (χ1) is 9.61. The van der Waals surface area contributed by atoms with Crippen molar-refractivity contribution < 1.29 is 9.90 Å². The van der Waals surface area contributed by atoms with Gasteiger partial charge in [0.25, 0.3) is 0 Å². The van der Waals surface area contributed by atoms with Gasteiger partial charge in [0, 0.05) is 40.3 Å². The van der Waals surface area contributed by atoms with Gasteiger partial charge in [-0.2, -0.15) is 0 Å². The smallest absolute Gasteiger partial charge is 0.240 e. The van der Waals surface area contributed by atoms with Crippen LogP contribution >= 0.6 is 0 Å². The number of carbonyl (C=O) groups excluding carboxylic acids is 1. The number of hydrogen-bond acceptors (Lipinski definition) is 4. The van der Waals surface area contributed by atoms with E-state index in [2.05, 4.69) is 10.2 Å². The maximum atomic E-state index is 12.2. The van der Waals surface area contributed by atoms with Crippen molar-refractivity contribution in [2.75, 3.05) is 33.7 Å². The van der Waals surface area contributed by atoms with Gasteiger partial charge >= 0.3 is 0 Å². The van der Waals surface area contributed by atoms with E-state index in [0.29, 0.717) is 6.54 Å². The predicted molar refractivity (Wildman–Crippen MR) is 78.1 cm³/mol. The molecule has 1 fully saturated rings. The van der Waals surface area contributed by atoms with Crippen LogP contribution in [0.3, 0.4) is 0 Å². The Kier molecular flexibility index (Phi) is 5.11. The van der Waals surface area contributed by atoms with E-state index < -0.39 is 0 Å². The largest absolute Gasteiger partial charge is 0.392 e. The topological polar surface area (TPSA) is 55.8 Å². The Labute approximate surface area is 120 Å². The van der Waals surface area contributed by atoms with E-state index >= 15 is 0 Å². The minimum Gasteiger partial charge on any atom is -0.392 e. The van der Waals surface area contributed by atoms with Crippen LogP contribution in [0.15, 0.2) is 24.3 Å². The first kappa shape index (κ1) is 15.0. The van der Waals surface area contributed by atoms with Crippen molar-refractivity contribution >= 4 is 5.91 Å². The zero-order chi connectivity index (χ0) is 14.5. The molecule has 20 heavy (non-hydrogen) atoms. The number of likely N-dealkylation sites (N-methyl/N-ethyl adjacent to an activating group) is 1. The zero-order valence-electron chi connectivity index (χ0n) is 12.2. The quantitative estimate of drug-likeness (QED) is 0.816. The Balaban J connectivity index is 2.06. The standard InChI is InChI=1S/C15H23N3O2/c1-17(2)15(20)14-9-16-7-8-18(14)10-12-3-5-13(11-19)6-4-12/h3-6,14,16,19H,7-11H2,1-2H3. The molecule has 1 aliphatic rings. The van der Waals surface area contributed by atoms with Crippen molar-refractivity contribution in [1.29, 1.82) is 0 Å². The molecule has 0 radical (unpaired) electrons. The summed E-state index contributed by atoms with van der Waals surface area (Å²) in [6.07, 6.45) is 0. The highest BCUT2D eigenvalue weighted by Crippen LogP contribution is 2.13. The number of benzene rings is 1. The van der Waals surface area contributed by atoms with Crippen molar-refractivity contribution in [3.8, 4) is 0 Å². The summed E-state index contributed by atoms with van der Waals surface area (Å²) < 4.78 is 0. The van der Waals surface area contributed by atoms with Gasteiger partial charge in [-0.05, 0) is 11.1 Å². The summed E-state index contributed by atoms with van der Waals surface area (Å²) >= 11 is 0. The van der Waals surface area contributed by atoms with Gasteiger partial charge in [-0.25, -0.2) is 0 Å². The number of carbonyl (C=O) groups is 1. The monoisotopic (exact) mass is 277 g/mol. The van der Waals surface area contributed by atoms with E-state index in [4.69, 9.17) is 5.11 Å². The Morgan fingerprint density at radius 1 is 1.35 bits per heavy atom. The maximum Gasteiger partial charge on any atom is 0.240 e. The van der Waals surface area contributed by atoms with Gasteiger partial charge in [0.15, 0.2) is 0 Å². The molecule has 5 nitrogen and oxygen atoms in total. The summed E-state index contributed by atoms with van der Waals surface area (Å²) in [6, 6.07) is 7.80. The SMILES string of the molecule is CN(C)C(=O)C1CNCCN1Cc1ccc(CO)cc1. The molecule has 1 heterocycles. The van der Waals surface area contributed by atoms with Crippen LogP contribution in [-0.2, 0) is 17.9 Å². The van der Waals surface area contributed by atoms with Gasteiger partial charge in [0.2, 0.25) is 5.91 Å². The molecule has 0 bridgehead atoms. The van der Waals surface area contributed by atoms with Crippen molar-refractivity contribution in [3.05, 3.63) is 35.4 Å². The van der Waals surface area contributed by atoms with Gasteiger partial charge in [0.1, 0.15) is 6.04 Å². The van der Waals surface area contributed by atoms with Crippen LogP contribution in [-0.4, -0.2) is 60.6 Å². The molecule has 2 rings (SSSR count). The molecule has 1 aromatic carbocycles. The first-order valence-electron chi connectivity index (χ1n) is 6.96. The second kappa shape index (κ2) is 6.83. The predicted octanol–water partition coefficient (Wildman–Crippen LogP) is 0.0409. The molecule has 0 aliphatic carbocycles. The van der Waals surface area contributed by atoms with E-state index in [1.54, 1.807) is 19.0 Å². The van der Waals surface area contributed by atoms with Gasteiger partial charge in [-0.15, -0.1) is 0 Å². The Bertz CT molecular complexity index is 445. The minimum atomic E-state index is -0.101. The molecule has 0 aromatic heterocycles. The third-order valence-corrected chi connectivity index (χ3v) is 3.67. The molecule has 1 aromatic rings. The van der Waals surface area contributed by atoms with Crippen molar-refractivity contribution in [2.24, 2.45) is 0 Å². The number of piperazine rings is 1. The van der Waals surface area contributed by atoms with E-state index in [9.17, 15) is 4.79 Å². The van der Waals surface area contributed by atoms with Crippen LogP contribution in [0.2, 0.25) is 0 Å². The van der Waals surface area contributed by atoms with Gasteiger partial charge in [-0.1, -0.05) is 24.3 Å². The highest BCUT2D eigenvalue weighted by Gasteiger charge is 2.29. The fourth-order valence-electron chi connectivity index (χ4n) is 2.46. The third-order valence-electron chi connectivity index (χ3n) is 3.67. The van der Waals surface area contributed by atoms with Crippen LogP contribution in [0, 0.1) is 0 Å². The number of nitrogens with zero attached hydrogens (tertiary/aromatic N) is 2. The average molecular weight is 277 g/mol. The molecular formula is C15H23N3O2.